The average molecular weight is 141 g/mol. The van der Waals surface area contributed by atoms with E-state index >= 15 is 0 Å². The Morgan fingerprint density at radius 3 is 2.00 bits per heavy atom. The van der Waals surface area contributed by atoms with Crippen LogP contribution in [0.3, 0.4) is 0 Å². The van der Waals surface area contributed by atoms with Crippen LogP contribution in [0.2, 0.25) is 0 Å². The zero-order chi connectivity index (χ0) is 4.28. The largest absolute Gasteiger partial charge is 2.00 e. The maximum Gasteiger partial charge on any atom is 2.00 e. The van der Waals surface area contributed by atoms with Gasteiger partial charge in [0, 0.05) is 0 Å². The van der Waals surface area contributed by atoms with E-state index in [0.29, 0.717) is 0 Å². The first kappa shape index (κ1) is 9.23. The zero-order valence-corrected chi connectivity index (χ0v) is 3.42. The van der Waals surface area contributed by atoms with E-state index in [0.717, 1.165) is 0 Å². The number of rotatable bonds is 0. The molecule has 0 aliphatic heterocycles. The van der Waals surface area contributed by atoms with Crippen LogP contribution in [-0.2, 0) is 22.0 Å². The van der Waals surface area contributed by atoms with Crippen LogP contribution in [0.1, 0.15) is 0 Å². The van der Waals surface area contributed by atoms with Crippen molar-refractivity contribution in [2.45, 2.75) is 0 Å². The molecule has 0 bridgehead atoms. The predicted octanol–water partition coefficient (Wildman–Crippen LogP) is -1.05. The summed E-state index contributed by atoms with van der Waals surface area (Å²) in [5, 5.41) is 15.7. The van der Waals surface area contributed by atoms with Gasteiger partial charge in [-0.1, -0.05) is 0 Å². The van der Waals surface area contributed by atoms with Crippen molar-refractivity contribution in [1.29, 1.82) is 0 Å². The van der Waals surface area contributed by atoms with Crippen LogP contribution in [0.4, 0.5) is 4.79 Å². The van der Waals surface area contributed by atoms with Gasteiger partial charge in [0.1, 0.15) is 0 Å². The minimum Gasteiger partial charge on any atom is -0.659 e. The van der Waals surface area contributed by atoms with Crippen LogP contribution in [0.25, 0.3) is 0 Å². The third-order valence-corrected chi connectivity index (χ3v) is 0.0713. The third kappa shape index (κ3) is 9.26. The van der Waals surface area contributed by atoms with Gasteiger partial charge in [-0.3, -0.25) is 0 Å². The Kier molecular flexibility index (Phi) is 7.30. The van der Waals surface area contributed by atoms with Gasteiger partial charge in [0.15, 0.2) is 0 Å². The molecule has 0 fully saturated rings. The van der Waals surface area contributed by atoms with Crippen LogP contribution < -0.4 is 5.26 Å². The third-order valence-electron chi connectivity index (χ3n) is 0.0713. The molecule has 39 valence electrons. The predicted molar refractivity (Wildman–Crippen MR) is 9.11 cm³/mol. The zero-order valence-electron chi connectivity index (χ0n) is 2.47. The molecule has 5 heteroatoms. The smallest absolute Gasteiger partial charge is 0.659 e. The molecule has 0 heterocycles. The monoisotopic (exact) mass is 140 g/mol. The minimum absolute atomic E-state index is 0. The van der Waals surface area contributed by atoms with Crippen molar-refractivity contribution < 1.29 is 37.1 Å². The second-order valence-electron chi connectivity index (χ2n) is 0.349. The Hall–Kier alpha value is -0.251. The second kappa shape index (κ2) is 4.75. The van der Waals surface area contributed by atoms with Crippen molar-refractivity contribution in [2.24, 2.45) is 0 Å². The maximum absolute atomic E-state index is 8.83. The van der Waals surface area contributed by atoms with E-state index < -0.39 is 6.16 Å². The van der Waals surface area contributed by atoms with Crippen molar-refractivity contribution in [1.82, 2.24) is 0 Å². The molecule has 0 aliphatic rings. The second-order valence-corrected chi connectivity index (χ2v) is 0.349. The molecular formula is CHCuO4+. The van der Waals surface area contributed by atoms with Gasteiger partial charge >= 0.3 is 23.2 Å². The summed E-state index contributed by atoms with van der Waals surface area (Å²) in [6.45, 7) is 0. The molecule has 0 aliphatic carbocycles. The molecule has 0 aromatic rings. The van der Waals surface area contributed by atoms with Crippen molar-refractivity contribution in [3.8, 4) is 0 Å². The van der Waals surface area contributed by atoms with Gasteiger partial charge in [0.05, 0.1) is 0 Å². The van der Waals surface area contributed by atoms with Gasteiger partial charge in [-0.2, -0.15) is 0 Å². The van der Waals surface area contributed by atoms with Crippen LogP contribution in [-0.4, -0.2) is 11.3 Å². The Morgan fingerprint density at radius 1 is 1.83 bits per heavy atom. The quantitative estimate of drug-likeness (QED) is 0.265. The van der Waals surface area contributed by atoms with Gasteiger partial charge in [0.25, 0.3) is 0 Å². The van der Waals surface area contributed by atoms with E-state index in [1.165, 1.54) is 0 Å². The fourth-order valence-corrected chi connectivity index (χ4v) is 0. The molecule has 0 amide bonds. The summed E-state index contributed by atoms with van der Waals surface area (Å²) in [6.07, 6.45) is -1.80. The summed E-state index contributed by atoms with van der Waals surface area (Å²) in [5.41, 5.74) is 0. The standard InChI is InChI=1S/CH2O4.Cu/c2-1(3)5-4;/h4H,(H,2,3);/q;+2/p-1. The van der Waals surface area contributed by atoms with Crippen molar-refractivity contribution in [3.05, 3.63) is 0 Å². The summed E-state index contributed by atoms with van der Waals surface area (Å²) in [4.78, 5) is 11.2. The molecule has 0 spiro atoms. The molecule has 0 saturated carbocycles. The molecule has 4 nitrogen and oxygen atoms in total. The number of hydrogen-bond acceptors (Lipinski definition) is 3. The molecule has 6 heavy (non-hydrogen) atoms. The maximum atomic E-state index is 8.83. The van der Waals surface area contributed by atoms with Crippen LogP contribution in [0.5, 0.6) is 0 Å². The van der Waals surface area contributed by atoms with Crippen LogP contribution in [0.15, 0.2) is 0 Å². The molecule has 0 atom stereocenters. The Labute approximate surface area is 44.1 Å². The van der Waals surface area contributed by atoms with E-state index in [2.05, 4.69) is 4.89 Å². The normalized spacial score (nSPS) is 5.50. The Balaban J connectivity index is 0. The summed E-state index contributed by atoms with van der Waals surface area (Å²) >= 11 is 0. The van der Waals surface area contributed by atoms with Crippen molar-refractivity contribution in [2.75, 3.05) is 0 Å². The van der Waals surface area contributed by atoms with Crippen molar-refractivity contribution in [3.63, 3.8) is 0 Å². The van der Waals surface area contributed by atoms with Gasteiger partial charge in [-0.15, -0.1) is 0 Å². The first-order valence-corrected chi connectivity index (χ1v) is 0.799. The van der Waals surface area contributed by atoms with E-state index in [1.54, 1.807) is 0 Å². The SMILES string of the molecule is O=C(O)O[O-].[Cu+2]. The van der Waals surface area contributed by atoms with E-state index in [4.69, 9.17) is 15.2 Å². The van der Waals surface area contributed by atoms with Gasteiger partial charge in [-0.25, -0.2) is 4.79 Å². The molecule has 0 saturated heterocycles. The fraction of sp³-hybridized carbons (Fsp3) is 0. The Morgan fingerprint density at radius 2 is 2.00 bits per heavy atom. The molecule has 1 radical (unpaired) electrons. The van der Waals surface area contributed by atoms with Crippen molar-refractivity contribution >= 4 is 6.16 Å². The van der Waals surface area contributed by atoms with E-state index in [-0.39, 0.29) is 17.1 Å². The number of carboxylic acid groups (broad SMARTS) is 1. The van der Waals surface area contributed by atoms with E-state index in [1.807, 2.05) is 0 Å². The fourth-order valence-electron chi connectivity index (χ4n) is 0. The Bertz CT molecular complexity index is 42.8. The first-order valence-electron chi connectivity index (χ1n) is 0.799. The molecular weight excluding hydrogens is 140 g/mol. The molecule has 0 unspecified atom stereocenters. The molecule has 0 rings (SSSR count). The molecule has 0 aromatic heterocycles. The van der Waals surface area contributed by atoms with Gasteiger partial charge in [-0.05, 0) is 0 Å². The topological polar surface area (TPSA) is 69.6 Å². The molecule has 0 aromatic carbocycles. The molecule has 1 N–H and O–H groups in total. The summed E-state index contributed by atoms with van der Waals surface area (Å²) in [7, 11) is 0. The number of carbonyl (C=O) groups is 1. The average Bonchev–Trinajstić information content (AvgIpc) is 1.38. The summed E-state index contributed by atoms with van der Waals surface area (Å²) in [5.74, 6) is 0. The van der Waals surface area contributed by atoms with E-state index in [9.17, 15) is 0 Å². The minimum atomic E-state index is -1.80. The summed E-state index contributed by atoms with van der Waals surface area (Å²) < 4.78 is 0. The first-order chi connectivity index (χ1) is 2.27. The van der Waals surface area contributed by atoms with Gasteiger partial charge in [0.2, 0.25) is 0 Å². The summed E-state index contributed by atoms with van der Waals surface area (Å²) in [6, 6.07) is 0. The van der Waals surface area contributed by atoms with Crippen LogP contribution in [0, 0.1) is 0 Å². The van der Waals surface area contributed by atoms with Gasteiger partial charge < -0.3 is 15.3 Å². The van der Waals surface area contributed by atoms with Crippen LogP contribution >= 0.6 is 0 Å². The number of hydrogen-bond donors (Lipinski definition) is 1.